The fourth-order valence-electron chi connectivity index (χ4n) is 10.5. The van der Waals surface area contributed by atoms with Gasteiger partial charge < -0.3 is 9.13 Å². The summed E-state index contributed by atoms with van der Waals surface area (Å²) in [6, 6.07) is 94.2. The second kappa shape index (κ2) is 15.2. The molecule has 3 heteroatoms. The first-order chi connectivity index (χ1) is 31.3. The molecule has 2 heterocycles. The maximum absolute atomic E-state index is 2.89. The van der Waals surface area contributed by atoms with Gasteiger partial charge in [-0.15, -0.1) is 0 Å². The van der Waals surface area contributed by atoms with E-state index in [9.17, 15) is 0 Å². The van der Waals surface area contributed by atoms with Crippen LogP contribution < -0.4 is 20.7 Å². The van der Waals surface area contributed by atoms with E-state index in [4.69, 9.17) is 0 Å². The summed E-state index contributed by atoms with van der Waals surface area (Å²) in [5.74, 6) is 0. The average molecular weight is 819 g/mol. The van der Waals surface area contributed by atoms with Crippen LogP contribution in [0.15, 0.2) is 255 Å². The predicted octanol–water partition coefficient (Wildman–Crippen LogP) is 12.6. The number of hydrogen-bond acceptors (Lipinski definition) is 0. The van der Waals surface area contributed by atoms with Gasteiger partial charge in [-0.25, -0.2) is 0 Å². The van der Waals surface area contributed by atoms with E-state index in [2.05, 4.69) is 264 Å². The van der Waals surface area contributed by atoms with Gasteiger partial charge in [0.15, 0.2) is 8.07 Å². The van der Waals surface area contributed by atoms with Crippen LogP contribution in [0.25, 0.3) is 77.2 Å². The van der Waals surface area contributed by atoms with Crippen LogP contribution in [0.5, 0.6) is 0 Å². The average Bonchev–Trinajstić information content (AvgIpc) is 3.89. The first-order valence-corrected chi connectivity index (χ1v) is 23.8. The zero-order chi connectivity index (χ0) is 41.7. The van der Waals surface area contributed by atoms with E-state index in [0.717, 1.165) is 5.69 Å². The van der Waals surface area contributed by atoms with Crippen molar-refractivity contribution in [1.82, 2.24) is 9.13 Å². The van der Waals surface area contributed by atoms with Crippen molar-refractivity contribution in [2.45, 2.75) is 0 Å². The Kier molecular flexibility index (Phi) is 8.87. The van der Waals surface area contributed by atoms with Crippen LogP contribution in [0.3, 0.4) is 0 Å². The van der Waals surface area contributed by atoms with Gasteiger partial charge in [0.25, 0.3) is 0 Å². The molecule has 63 heavy (non-hydrogen) atoms. The molecule has 0 saturated carbocycles. The fourth-order valence-corrected chi connectivity index (χ4v) is 15.4. The molecule has 0 radical (unpaired) electrons. The van der Waals surface area contributed by atoms with Gasteiger partial charge in [-0.05, 0) is 73.8 Å². The molecule has 0 saturated heterocycles. The summed E-state index contributed by atoms with van der Waals surface area (Å²) < 4.78 is 5.02. The number of hydrogen-bond donors (Lipinski definition) is 0. The Labute approximate surface area is 368 Å². The summed E-state index contributed by atoms with van der Waals surface area (Å²) in [4.78, 5) is 0. The number of para-hydroxylation sites is 3. The van der Waals surface area contributed by atoms with Gasteiger partial charge in [0.05, 0.1) is 33.4 Å². The first-order valence-electron chi connectivity index (χ1n) is 21.8. The summed E-state index contributed by atoms with van der Waals surface area (Å²) in [5.41, 5.74) is 11.9. The largest absolute Gasteiger partial charge is 0.309 e. The molecule has 0 aliphatic heterocycles. The minimum absolute atomic E-state index is 1.15. The monoisotopic (exact) mass is 818 g/mol. The first kappa shape index (κ1) is 36.8. The van der Waals surface area contributed by atoms with Crippen molar-refractivity contribution < 1.29 is 0 Å². The number of fused-ring (bicyclic) bond motifs is 6. The fraction of sp³-hybridized carbons (Fsp3) is 0. The van der Waals surface area contributed by atoms with Crippen LogP contribution in [0.4, 0.5) is 0 Å². The van der Waals surface area contributed by atoms with E-state index in [0.29, 0.717) is 0 Å². The SMILES string of the molecule is c1ccc(-c2ccc(-c3ccccc3-n3c4ccccc4c4c(-n5c6ccccc6c6c([Si](c7ccccc7)(c7ccccc7)c7ccccc7)cccc65)cccc43)cc2)cc1. The van der Waals surface area contributed by atoms with E-state index in [1.54, 1.807) is 0 Å². The molecule has 12 rings (SSSR count). The summed E-state index contributed by atoms with van der Waals surface area (Å²) in [6.45, 7) is 0. The van der Waals surface area contributed by atoms with Crippen LogP contribution in [0.2, 0.25) is 0 Å². The lowest BCUT2D eigenvalue weighted by Gasteiger charge is -2.35. The van der Waals surface area contributed by atoms with E-state index < -0.39 is 8.07 Å². The van der Waals surface area contributed by atoms with Gasteiger partial charge in [-0.1, -0.05) is 218 Å². The molecule has 0 fully saturated rings. The Balaban J connectivity index is 1.14. The number of benzene rings is 10. The van der Waals surface area contributed by atoms with Gasteiger partial charge in [0.2, 0.25) is 0 Å². The van der Waals surface area contributed by atoms with Crippen LogP contribution >= 0.6 is 0 Å². The van der Waals surface area contributed by atoms with Gasteiger partial charge in [0, 0.05) is 27.1 Å². The van der Waals surface area contributed by atoms with Gasteiger partial charge in [0.1, 0.15) is 0 Å². The smallest absolute Gasteiger partial charge is 0.180 e. The van der Waals surface area contributed by atoms with Crippen molar-refractivity contribution in [1.29, 1.82) is 0 Å². The molecule has 0 aliphatic carbocycles. The zero-order valence-corrected chi connectivity index (χ0v) is 35.6. The molecule has 0 N–H and O–H groups in total. The van der Waals surface area contributed by atoms with Gasteiger partial charge in [-0.2, -0.15) is 0 Å². The van der Waals surface area contributed by atoms with Crippen molar-refractivity contribution in [2.75, 3.05) is 0 Å². The highest BCUT2D eigenvalue weighted by Crippen LogP contribution is 2.41. The normalized spacial score (nSPS) is 11.8. The number of nitrogens with zero attached hydrogens (tertiary/aromatic N) is 2. The van der Waals surface area contributed by atoms with Gasteiger partial charge in [-0.3, -0.25) is 0 Å². The molecule has 10 aromatic carbocycles. The maximum atomic E-state index is 2.54. The standard InChI is InChI=1S/C60H42N2Si/c1-5-21-43(22-6-1)44-39-41-45(42-40-44)49-29-13-16-32-52(49)61-53-33-17-14-30-50(53)59-55(61)35-19-36-56(59)62-54-34-18-15-31-51(54)60-57(62)37-20-38-58(60)63(46-23-7-2-8-24-46,47-25-9-3-10-26-47)48-27-11-4-12-28-48/h1-42H. The summed E-state index contributed by atoms with van der Waals surface area (Å²) in [7, 11) is -2.89. The second-order valence-corrected chi connectivity index (χ2v) is 20.2. The lowest BCUT2D eigenvalue weighted by molar-refractivity contribution is 1.17. The van der Waals surface area contributed by atoms with Crippen molar-refractivity contribution in [3.63, 3.8) is 0 Å². The van der Waals surface area contributed by atoms with Crippen LogP contribution in [-0.2, 0) is 0 Å². The predicted molar refractivity (Wildman–Crippen MR) is 270 cm³/mol. The third-order valence-corrected chi connectivity index (χ3v) is 17.9. The molecule has 2 aromatic heterocycles. The van der Waals surface area contributed by atoms with Crippen molar-refractivity contribution >= 4 is 72.4 Å². The molecule has 296 valence electrons. The van der Waals surface area contributed by atoms with Crippen LogP contribution in [-0.4, -0.2) is 17.2 Å². The summed E-state index contributed by atoms with van der Waals surface area (Å²) >= 11 is 0. The Bertz CT molecular complexity index is 3490. The van der Waals surface area contributed by atoms with E-state index >= 15 is 0 Å². The highest BCUT2D eigenvalue weighted by atomic mass is 28.3. The Hall–Kier alpha value is -7.98. The quantitative estimate of drug-likeness (QED) is 0.107. The van der Waals surface area contributed by atoms with E-state index in [1.807, 2.05) is 0 Å². The third-order valence-electron chi connectivity index (χ3n) is 13.1. The summed E-state index contributed by atoms with van der Waals surface area (Å²) in [6.07, 6.45) is 0. The number of rotatable bonds is 8. The molecule has 0 bridgehead atoms. The molecular weight excluding hydrogens is 777 g/mol. The Morgan fingerprint density at radius 2 is 0.651 bits per heavy atom. The minimum atomic E-state index is -2.89. The maximum Gasteiger partial charge on any atom is 0.180 e. The minimum Gasteiger partial charge on any atom is -0.309 e. The molecule has 0 unspecified atom stereocenters. The molecule has 0 atom stereocenters. The van der Waals surface area contributed by atoms with Crippen LogP contribution in [0.1, 0.15) is 0 Å². The van der Waals surface area contributed by atoms with Crippen molar-refractivity contribution in [3.05, 3.63) is 255 Å². The van der Waals surface area contributed by atoms with E-state index in [-0.39, 0.29) is 0 Å². The van der Waals surface area contributed by atoms with Gasteiger partial charge >= 0.3 is 0 Å². The number of aromatic nitrogens is 2. The third kappa shape index (κ3) is 5.78. The molecule has 2 nitrogen and oxygen atoms in total. The zero-order valence-electron chi connectivity index (χ0n) is 34.6. The Morgan fingerprint density at radius 1 is 0.254 bits per heavy atom. The Morgan fingerprint density at radius 3 is 1.25 bits per heavy atom. The summed E-state index contributed by atoms with van der Waals surface area (Å²) in [5, 5.41) is 10.5. The van der Waals surface area contributed by atoms with Crippen molar-refractivity contribution in [3.8, 4) is 33.6 Å². The molecular formula is C60H42N2Si. The van der Waals surface area contributed by atoms with E-state index in [1.165, 1.54) is 92.3 Å². The molecule has 0 amide bonds. The lowest BCUT2D eigenvalue weighted by Crippen LogP contribution is -2.74. The van der Waals surface area contributed by atoms with Crippen molar-refractivity contribution in [2.24, 2.45) is 0 Å². The molecule has 0 spiro atoms. The lowest BCUT2D eigenvalue weighted by atomic mass is 9.99. The molecule has 0 aliphatic rings. The second-order valence-electron chi connectivity index (χ2n) is 16.4. The highest BCUT2D eigenvalue weighted by Gasteiger charge is 2.43. The van der Waals surface area contributed by atoms with Crippen LogP contribution in [0, 0.1) is 0 Å². The highest BCUT2D eigenvalue weighted by molar-refractivity contribution is 7.20. The molecule has 12 aromatic rings. The topological polar surface area (TPSA) is 9.86 Å².